The van der Waals surface area contributed by atoms with Gasteiger partial charge in [-0.1, -0.05) is 35.6 Å². The first-order chi connectivity index (χ1) is 15.9. The number of fused-ring (bicyclic) bond motifs is 2. The molecule has 1 unspecified atom stereocenters. The lowest BCUT2D eigenvalue weighted by Crippen LogP contribution is -2.29. The Balaban J connectivity index is 1.78. The van der Waals surface area contributed by atoms with Gasteiger partial charge in [0.25, 0.3) is 5.91 Å². The molecule has 3 heterocycles. The van der Waals surface area contributed by atoms with Gasteiger partial charge in [0.1, 0.15) is 16.2 Å². The van der Waals surface area contributed by atoms with Crippen molar-refractivity contribution in [3.8, 4) is 5.75 Å². The number of aromatic nitrogens is 1. The van der Waals surface area contributed by atoms with Crippen LogP contribution < -0.4 is 15.1 Å². The number of esters is 1. The smallest absolute Gasteiger partial charge is 0.350 e. The van der Waals surface area contributed by atoms with E-state index in [0.717, 1.165) is 11.3 Å². The second-order valence-corrected chi connectivity index (χ2v) is 8.40. The van der Waals surface area contributed by atoms with E-state index in [9.17, 15) is 14.4 Å². The number of para-hydroxylation sites is 1. The Morgan fingerprint density at radius 1 is 1.12 bits per heavy atom. The first-order valence-corrected chi connectivity index (χ1v) is 10.8. The molecular formula is C24H18N2O6S. The van der Waals surface area contributed by atoms with Crippen molar-refractivity contribution in [2.24, 2.45) is 0 Å². The fourth-order valence-corrected chi connectivity index (χ4v) is 5.02. The molecule has 2 aromatic carbocycles. The number of carbonyl (C=O) groups is 2. The molecule has 1 aliphatic heterocycles. The lowest BCUT2D eigenvalue weighted by molar-refractivity contribution is 0.0605. The average Bonchev–Trinajstić information content (AvgIpc) is 3.36. The number of methoxy groups -OCH3 is 2. The maximum atomic E-state index is 13.6. The van der Waals surface area contributed by atoms with Crippen LogP contribution >= 0.6 is 11.3 Å². The SMILES string of the molecule is COC(=O)c1sc(N2C(=O)c3oc4ccccc4c(=O)c3C2c2cccc(OC)c2)nc1C. The fourth-order valence-electron chi connectivity index (χ4n) is 4.01. The lowest BCUT2D eigenvalue weighted by Gasteiger charge is -2.22. The van der Waals surface area contributed by atoms with E-state index in [0.29, 0.717) is 28.0 Å². The summed E-state index contributed by atoms with van der Waals surface area (Å²) in [7, 11) is 2.82. The molecule has 4 aromatic rings. The van der Waals surface area contributed by atoms with Crippen molar-refractivity contribution in [3.05, 3.63) is 86.2 Å². The van der Waals surface area contributed by atoms with E-state index in [-0.39, 0.29) is 26.8 Å². The minimum absolute atomic E-state index is 0.0426. The van der Waals surface area contributed by atoms with Crippen molar-refractivity contribution in [2.75, 3.05) is 19.1 Å². The molecular weight excluding hydrogens is 444 g/mol. The maximum Gasteiger partial charge on any atom is 0.350 e. The van der Waals surface area contributed by atoms with Gasteiger partial charge >= 0.3 is 5.97 Å². The Labute approximate surface area is 192 Å². The quantitative estimate of drug-likeness (QED) is 0.421. The van der Waals surface area contributed by atoms with Crippen molar-refractivity contribution < 1.29 is 23.5 Å². The van der Waals surface area contributed by atoms with Crippen LogP contribution in [-0.2, 0) is 4.74 Å². The molecule has 1 aliphatic rings. The van der Waals surface area contributed by atoms with Crippen molar-refractivity contribution >= 4 is 39.3 Å². The monoisotopic (exact) mass is 462 g/mol. The highest BCUT2D eigenvalue weighted by molar-refractivity contribution is 7.17. The van der Waals surface area contributed by atoms with Crippen molar-refractivity contribution in [1.82, 2.24) is 4.98 Å². The summed E-state index contributed by atoms with van der Waals surface area (Å²) in [5.41, 5.74) is 1.33. The molecule has 2 aromatic heterocycles. The largest absolute Gasteiger partial charge is 0.497 e. The molecule has 166 valence electrons. The third-order valence-electron chi connectivity index (χ3n) is 5.55. The van der Waals surface area contributed by atoms with Crippen LogP contribution in [-0.4, -0.2) is 31.1 Å². The Morgan fingerprint density at radius 2 is 1.91 bits per heavy atom. The number of benzene rings is 2. The van der Waals surface area contributed by atoms with Crippen LogP contribution in [0.1, 0.15) is 43.1 Å². The number of hydrogen-bond acceptors (Lipinski definition) is 8. The van der Waals surface area contributed by atoms with Crippen molar-refractivity contribution in [2.45, 2.75) is 13.0 Å². The minimum atomic E-state index is -0.806. The van der Waals surface area contributed by atoms with Gasteiger partial charge in [-0.15, -0.1) is 0 Å². The first-order valence-electron chi connectivity index (χ1n) is 10.0. The number of ether oxygens (including phenoxy) is 2. The molecule has 0 bridgehead atoms. The van der Waals surface area contributed by atoms with Crippen LogP contribution in [0, 0.1) is 6.92 Å². The molecule has 33 heavy (non-hydrogen) atoms. The van der Waals surface area contributed by atoms with Crippen LogP contribution in [0.15, 0.2) is 57.7 Å². The molecule has 0 fully saturated rings. The van der Waals surface area contributed by atoms with E-state index in [4.69, 9.17) is 13.9 Å². The highest BCUT2D eigenvalue weighted by Gasteiger charge is 2.45. The summed E-state index contributed by atoms with van der Waals surface area (Å²) >= 11 is 1.03. The van der Waals surface area contributed by atoms with E-state index in [1.807, 2.05) is 0 Å². The minimum Gasteiger partial charge on any atom is -0.497 e. The standard InChI is InChI=1S/C24H18N2O6S/c1-12-21(23(29)31-3)33-24(25-12)26-18(13-7-6-8-14(11-13)30-2)17-19(27)15-9-4-5-10-16(15)32-20(17)22(26)28/h4-11,18H,1-3H3. The average molecular weight is 462 g/mol. The Kier molecular flexibility index (Phi) is 4.98. The molecule has 8 nitrogen and oxygen atoms in total. The van der Waals surface area contributed by atoms with Crippen molar-refractivity contribution in [3.63, 3.8) is 0 Å². The summed E-state index contributed by atoms with van der Waals surface area (Å²) in [5, 5.41) is 0.643. The van der Waals surface area contributed by atoms with Gasteiger partial charge in [0.05, 0.1) is 36.9 Å². The highest BCUT2D eigenvalue weighted by atomic mass is 32.1. The summed E-state index contributed by atoms with van der Waals surface area (Å²) < 4.78 is 16.1. The fraction of sp³-hybridized carbons (Fsp3) is 0.167. The van der Waals surface area contributed by atoms with Gasteiger partial charge in [-0.2, -0.15) is 0 Å². The lowest BCUT2D eigenvalue weighted by atomic mass is 9.98. The molecule has 0 radical (unpaired) electrons. The summed E-state index contributed by atoms with van der Waals surface area (Å²) in [4.78, 5) is 45.5. The van der Waals surface area contributed by atoms with Gasteiger partial charge in [0, 0.05) is 0 Å². The number of hydrogen-bond donors (Lipinski definition) is 0. The molecule has 0 N–H and O–H groups in total. The Morgan fingerprint density at radius 3 is 2.67 bits per heavy atom. The number of rotatable bonds is 4. The van der Waals surface area contributed by atoms with E-state index in [1.54, 1.807) is 62.6 Å². The molecule has 0 aliphatic carbocycles. The van der Waals surface area contributed by atoms with Gasteiger partial charge in [-0.25, -0.2) is 9.78 Å². The highest BCUT2D eigenvalue weighted by Crippen LogP contribution is 2.43. The summed E-state index contributed by atoms with van der Waals surface area (Å²) in [6.07, 6.45) is 0. The molecule has 0 spiro atoms. The van der Waals surface area contributed by atoms with Gasteiger partial charge < -0.3 is 13.9 Å². The first kappa shape index (κ1) is 20.9. The number of amides is 1. The topological polar surface area (TPSA) is 98.9 Å². The van der Waals surface area contributed by atoms with Crippen LogP contribution in [0.2, 0.25) is 0 Å². The molecule has 0 saturated heterocycles. The predicted molar refractivity (Wildman–Crippen MR) is 122 cm³/mol. The van der Waals surface area contributed by atoms with E-state index >= 15 is 0 Å². The van der Waals surface area contributed by atoms with Crippen LogP contribution in [0.25, 0.3) is 11.0 Å². The van der Waals surface area contributed by atoms with Gasteiger partial charge in [-0.3, -0.25) is 14.5 Å². The van der Waals surface area contributed by atoms with E-state index in [2.05, 4.69) is 4.98 Å². The molecule has 9 heteroatoms. The van der Waals surface area contributed by atoms with Gasteiger partial charge in [0.15, 0.2) is 10.6 Å². The maximum absolute atomic E-state index is 13.6. The number of aryl methyl sites for hydroxylation is 1. The number of thiazole rings is 1. The second kappa shape index (κ2) is 7.86. The van der Waals surface area contributed by atoms with Crippen LogP contribution in [0.5, 0.6) is 5.75 Å². The molecule has 0 saturated carbocycles. The summed E-state index contributed by atoms with van der Waals surface area (Å²) in [5.74, 6) is -0.521. The zero-order valence-corrected chi connectivity index (χ0v) is 18.8. The predicted octanol–water partition coefficient (Wildman–Crippen LogP) is 4.10. The normalized spacial score (nSPS) is 15.1. The Bertz CT molecular complexity index is 1490. The Hall–Kier alpha value is -3.98. The zero-order valence-electron chi connectivity index (χ0n) is 17.9. The third kappa shape index (κ3) is 3.20. The second-order valence-electron chi connectivity index (χ2n) is 7.43. The van der Waals surface area contributed by atoms with Crippen LogP contribution in [0.3, 0.4) is 0 Å². The van der Waals surface area contributed by atoms with Gasteiger partial charge in [-0.05, 0) is 36.8 Å². The zero-order chi connectivity index (χ0) is 23.3. The summed E-state index contributed by atoms with van der Waals surface area (Å²) in [6.45, 7) is 1.66. The molecule has 1 atom stereocenters. The van der Waals surface area contributed by atoms with Gasteiger partial charge in [0.2, 0.25) is 5.76 Å². The number of nitrogens with zero attached hydrogens (tertiary/aromatic N) is 2. The molecule has 1 amide bonds. The van der Waals surface area contributed by atoms with Crippen LogP contribution in [0.4, 0.5) is 5.13 Å². The van der Waals surface area contributed by atoms with E-state index < -0.39 is 17.9 Å². The number of carbonyl (C=O) groups excluding carboxylic acids is 2. The summed E-state index contributed by atoms with van der Waals surface area (Å²) in [6, 6.07) is 13.1. The third-order valence-corrected chi connectivity index (χ3v) is 6.69. The van der Waals surface area contributed by atoms with Crippen molar-refractivity contribution in [1.29, 1.82) is 0 Å². The molecule has 5 rings (SSSR count). The van der Waals surface area contributed by atoms with E-state index in [1.165, 1.54) is 12.0 Å². The number of anilines is 1.